The molecule has 6 nitrogen and oxygen atoms in total. The molecule has 0 saturated heterocycles. The SMILES string of the molecule is CCOC(=O)CCn1c(=N)n(CC(=O)c2ccc(Cl)cc2)c2ccc(C)cc21. The number of Topliss-reactive ketones (excluding diaryl/α,β-unsaturated/α-hetero) is 1. The molecule has 1 N–H and O–H groups in total. The van der Waals surface area contributed by atoms with Crippen LogP contribution in [0.25, 0.3) is 11.0 Å². The van der Waals surface area contributed by atoms with Crippen molar-refractivity contribution in [1.29, 1.82) is 5.41 Å². The summed E-state index contributed by atoms with van der Waals surface area (Å²) in [5.41, 5.74) is 3.35. The first-order chi connectivity index (χ1) is 13.4. The van der Waals surface area contributed by atoms with Crippen LogP contribution in [0.15, 0.2) is 42.5 Å². The predicted octanol–water partition coefficient (Wildman–Crippen LogP) is 3.72. The van der Waals surface area contributed by atoms with Crippen molar-refractivity contribution >= 4 is 34.4 Å². The highest BCUT2D eigenvalue weighted by Crippen LogP contribution is 2.17. The average Bonchev–Trinajstić information content (AvgIpc) is 2.91. The number of nitrogens with one attached hydrogen (secondary N) is 1. The number of esters is 1. The van der Waals surface area contributed by atoms with E-state index in [9.17, 15) is 9.59 Å². The van der Waals surface area contributed by atoms with Gasteiger partial charge in [0.1, 0.15) is 0 Å². The largest absolute Gasteiger partial charge is 0.466 e. The molecule has 0 unspecified atom stereocenters. The third-order valence-electron chi connectivity index (χ3n) is 4.54. The number of carbonyl (C=O) groups excluding carboxylic acids is 2. The lowest BCUT2D eigenvalue weighted by molar-refractivity contribution is -0.143. The normalized spacial score (nSPS) is 11.0. The van der Waals surface area contributed by atoms with Crippen molar-refractivity contribution in [3.05, 3.63) is 64.2 Å². The summed E-state index contributed by atoms with van der Waals surface area (Å²) < 4.78 is 8.40. The molecule has 3 rings (SSSR count). The van der Waals surface area contributed by atoms with E-state index in [1.807, 2.05) is 25.1 Å². The zero-order valence-electron chi connectivity index (χ0n) is 15.9. The van der Waals surface area contributed by atoms with Gasteiger partial charge in [0.25, 0.3) is 0 Å². The van der Waals surface area contributed by atoms with Crippen molar-refractivity contribution < 1.29 is 14.3 Å². The maximum Gasteiger partial charge on any atom is 0.307 e. The number of aryl methyl sites for hydroxylation is 2. The van der Waals surface area contributed by atoms with Crippen LogP contribution >= 0.6 is 11.6 Å². The number of nitrogens with zero attached hydrogens (tertiary/aromatic N) is 2. The average molecular weight is 400 g/mol. The van der Waals surface area contributed by atoms with E-state index in [1.54, 1.807) is 40.3 Å². The minimum absolute atomic E-state index is 0.0342. The highest BCUT2D eigenvalue weighted by atomic mass is 35.5. The zero-order chi connectivity index (χ0) is 20.3. The Hall–Kier alpha value is -2.86. The van der Waals surface area contributed by atoms with Gasteiger partial charge in [-0.2, -0.15) is 0 Å². The summed E-state index contributed by atoms with van der Waals surface area (Å²) in [4.78, 5) is 24.5. The molecule has 1 aromatic heterocycles. The first kappa shape index (κ1) is 19.9. The van der Waals surface area contributed by atoms with E-state index < -0.39 is 0 Å². The van der Waals surface area contributed by atoms with Crippen molar-refractivity contribution in [3.63, 3.8) is 0 Å². The Morgan fingerprint density at radius 3 is 2.46 bits per heavy atom. The summed E-state index contributed by atoms with van der Waals surface area (Å²) in [5.74, 6) is -0.416. The number of fused-ring (bicyclic) bond motifs is 1. The van der Waals surface area contributed by atoms with Crippen molar-refractivity contribution in [2.45, 2.75) is 33.4 Å². The Kier molecular flexibility index (Phi) is 5.99. The highest BCUT2D eigenvalue weighted by molar-refractivity contribution is 6.30. The molecule has 2 aromatic carbocycles. The van der Waals surface area contributed by atoms with Crippen molar-refractivity contribution in [2.24, 2.45) is 0 Å². The molecule has 146 valence electrons. The van der Waals surface area contributed by atoms with Crippen molar-refractivity contribution in [2.75, 3.05) is 6.61 Å². The van der Waals surface area contributed by atoms with E-state index >= 15 is 0 Å². The molecule has 0 atom stereocenters. The van der Waals surface area contributed by atoms with Gasteiger partial charge in [0, 0.05) is 17.1 Å². The zero-order valence-corrected chi connectivity index (χ0v) is 16.6. The Morgan fingerprint density at radius 2 is 1.79 bits per heavy atom. The topological polar surface area (TPSA) is 77.1 Å². The molecule has 0 aliphatic rings. The number of hydrogen-bond donors (Lipinski definition) is 1. The molecular formula is C21H22ClN3O3. The third kappa shape index (κ3) is 4.17. The molecule has 1 heterocycles. The molecule has 0 amide bonds. The van der Waals surface area contributed by atoms with Gasteiger partial charge in [0.2, 0.25) is 5.62 Å². The lowest BCUT2D eigenvalue weighted by atomic mass is 10.1. The van der Waals surface area contributed by atoms with E-state index in [2.05, 4.69) is 0 Å². The number of benzene rings is 2. The molecule has 0 aliphatic carbocycles. The minimum atomic E-state index is -0.305. The predicted molar refractivity (Wildman–Crippen MR) is 108 cm³/mol. The lowest BCUT2D eigenvalue weighted by Gasteiger charge is -2.05. The Morgan fingerprint density at radius 1 is 1.07 bits per heavy atom. The number of halogens is 1. The van der Waals surface area contributed by atoms with E-state index in [0.29, 0.717) is 23.7 Å². The first-order valence-corrected chi connectivity index (χ1v) is 9.47. The number of aromatic nitrogens is 2. The van der Waals surface area contributed by atoms with E-state index in [-0.39, 0.29) is 30.3 Å². The van der Waals surface area contributed by atoms with Gasteiger partial charge in [-0.3, -0.25) is 15.0 Å². The fourth-order valence-corrected chi connectivity index (χ4v) is 3.27. The number of rotatable bonds is 7. The van der Waals surface area contributed by atoms with Crippen LogP contribution in [0.1, 0.15) is 29.3 Å². The molecule has 0 bridgehead atoms. The van der Waals surface area contributed by atoms with Crippen LogP contribution in [0.5, 0.6) is 0 Å². The number of hydrogen-bond acceptors (Lipinski definition) is 4. The van der Waals surface area contributed by atoms with Gasteiger partial charge in [-0.15, -0.1) is 0 Å². The molecule has 0 fully saturated rings. The second-order valence-corrected chi connectivity index (χ2v) is 6.98. The first-order valence-electron chi connectivity index (χ1n) is 9.09. The standard InChI is InChI=1S/C21H22ClN3O3/c1-3-28-20(27)10-11-24-18-12-14(2)4-9-17(18)25(21(24)23)13-19(26)15-5-7-16(22)8-6-15/h4-9,12,23H,3,10-11,13H2,1-2H3. The number of ether oxygens (including phenoxy) is 1. The molecular weight excluding hydrogens is 378 g/mol. The van der Waals surface area contributed by atoms with Crippen LogP contribution < -0.4 is 5.62 Å². The Balaban J connectivity index is 1.97. The van der Waals surface area contributed by atoms with Crippen molar-refractivity contribution in [3.8, 4) is 0 Å². The fourth-order valence-electron chi connectivity index (χ4n) is 3.15. The van der Waals surface area contributed by atoms with Crippen LogP contribution in [0.3, 0.4) is 0 Å². The summed E-state index contributed by atoms with van der Waals surface area (Å²) in [6.45, 7) is 4.41. The van der Waals surface area contributed by atoms with E-state index in [1.165, 1.54) is 0 Å². The molecule has 3 aromatic rings. The summed E-state index contributed by atoms with van der Waals surface area (Å²) in [5, 5.41) is 9.15. The molecule has 0 radical (unpaired) electrons. The summed E-state index contributed by atoms with van der Waals surface area (Å²) in [6.07, 6.45) is 0.169. The maximum atomic E-state index is 12.7. The summed E-state index contributed by atoms with van der Waals surface area (Å²) in [7, 11) is 0. The van der Waals surface area contributed by atoms with Gasteiger partial charge < -0.3 is 13.9 Å². The lowest BCUT2D eigenvalue weighted by Crippen LogP contribution is -2.28. The van der Waals surface area contributed by atoms with Gasteiger partial charge in [-0.25, -0.2) is 0 Å². The number of imidazole rings is 1. The second kappa shape index (κ2) is 8.44. The molecule has 0 spiro atoms. The monoisotopic (exact) mass is 399 g/mol. The van der Waals surface area contributed by atoms with Crippen LogP contribution in [0.4, 0.5) is 0 Å². The van der Waals surface area contributed by atoms with E-state index in [4.69, 9.17) is 21.7 Å². The third-order valence-corrected chi connectivity index (χ3v) is 4.79. The number of carbonyl (C=O) groups is 2. The Labute approximate surface area is 167 Å². The van der Waals surface area contributed by atoms with Crippen LogP contribution in [0, 0.1) is 12.3 Å². The van der Waals surface area contributed by atoms with E-state index in [0.717, 1.165) is 16.6 Å². The molecule has 28 heavy (non-hydrogen) atoms. The molecule has 7 heteroatoms. The maximum absolute atomic E-state index is 12.7. The summed E-state index contributed by atoms with van der Waals surface area (Å²) in [6, 6.07) is 12.5. The van der Waals surface area contributed by atoms with Crippen LogP contribution in [-0.2, 0) is 22.6 Å². The molecule has 0 aliphatic heterocycles. The van der Waals surface area contributed by atoms with Gasteiger partial charge in [0.05, 0.1) is 30.6 Å². The smallest absolute Gasteiger partial charge is 0.307 e. The van der Waals surface area contributed by atoms with Gasteiger partial charge in [-0.05, 0) is 55.8 Å². The minimum Gasteiger partial charge on any atom is -0.466 e. The van der Waals surface area contributed by atoms with Gasteiger partial charge in [0.15, 0.2) is 5.78 Å². The van der Waals surface area contributed by atoms with Crippen molar-refractivity contribution in [1.82, 2.24) is 9.13 Å². The highest BCUT2D eigenvalue weighted by Gasteiger charge is 2.16. The summed E-state index contributed by atoms with van der Waals surface area (Å²) >= 11 is 5.89. The van der Waals surface area contributed by atoms with Gasteiger partial charge >= 0.3 is 5.97 Å². The fraction of sp³-hybridized carbons (Fsp3) is 0.286. The quantitative estimate of drug-likeness (QED) is 0.486. The number of ketones is 1. The Bertz CT molecular complexity index is 1080. The van der Waals surface area contributed by atoms with Crippen LogP contribution in [-0.4, -0.2) is 27.5 Å². The van der Waals surface area contributed by atoms with Crippen LogP contribution in [0.2, 0.25) is 5.02 Å². The second-order valence-electron chi connectivity index (χ2n) is 6.54. The molecule has 0 saturated carbocycles. The van der Waals surface area contributed by atoms with Gasteiger partial charge in [-0.1, -0.05) is 17.7 Å².